The molecule has 1 aromatic heterocycles. The van der Waals surface area contributed by atoms with E-state index in [1.807, 2.05) is 24.3 Å². The van der Waals surface area contributed by atoms with E-state index >= 15 is 0 Å². The number of hydrogen-bond donors (Lipinski definition) is 0. The number of thioether (sulfide) groups is 1. The highest BCUT2D eigenvalue weighted by molar-refractivity contribution is 9.10. The molecule has 1 atom stereocenters. The molecule has 1 aliphatic rings. The van der Waals surface area contributed by atoms with Crippen molar-refractivity contribution < 1.29 is 4.79 Å². The number of ketones is 1. The summed E-state index contributed by atoms with van der Waals surface area (Å²) in [6, 6.07) is 16.7. The second kappa shape index (κ2) is 8.67. The maximum absolute atomic E-state index is 12.4. The molecule has 30 heavy (non-hydrogen) atoms. The average molecular weight is 484 g/mol. The van der Waals surface area contributed by atoms with Crippen LogP contribution in [0.5, 0.6) is 0 Å². The van der Waals surface area contributed by atoms with Crippen LogP contribution < -0.4 is 0 Å². The molecule has 0 saturated heterocycles. The molecule has 0 aliphatic heterocycles. The van der Waals surface area contributed by atoms with E-state index in [9.17, 15) is 4.79 Å². The Hall–Kier alpha value is -1.92. The summed E-state index contributed by atoms with van der Waals surface area (Å²) < 4.78 is 3.09. The summed E-state index contributed by atoms with van der Waals surface area (Å²) >= 11 is 5.06. The van der Waals surface area contributed by atoms with E-state index in [0.29, 0.717) is 12.2 Å². The molecule has 0 N–H and O–H groups in total. The summed E-state index contributed by atoms with van der Waals surface area (Å²) in [5.41, 5.74) is 3.38. The van der Waals surface area contributed by atoms with E-state index in [4.69, 9.17) is 0 Å². The predicted octanol–water partition coefficient (Wildman–Crippen LogP) is 6.60. The van der Waals surface area contributed by atoms with Gasteiger partial charge in [-0.15, -0.1) is 10.2 Å². The fraction of sp³-hybridized carbons (Fsp3) is 0.375. The Kier molecular flexibility index (Phi) is 6.16. The van der Waals surface area contributed by atoms with Crippen molar-refractivity contribution in [1.82, 2.24) is 14.8 Å². The first-order valence-corrected chi connectivity index (χ1v) is 12.0. The van der Waals surface area contributed by atoms with E-state index in [2.05, 4.69) is 75.7 Å². The number of nitrogens with zero attached hydrogens (tertiary/aromatic N) is 3. The van der Waals surface area contributed by atoms with Gasteiger partial charge in [0.2, 0.25) is 0 Å². The summed E-state index contributed by atoms with van der Waals surface area (Å²) in [5.74, 6) is 1.12. The van der Waals surface area contributed by atoms with Crippen molar-refractivity contribution in [1.29, 1.82) is 0 Å². The van der Waals surface area contributed by atoms with E-state index in [1.165, 1.54) is 5.56 Å². The van der Waals surface area contributed by atoms with Gasteiger partial charge in [-0.2, -0.15) is 0 Å². The first-order chi connectivity index (χ1) is 14.3. The van der Waals surface area contributed by atoms with Gasteiger partial charge in [-0.3, -0.25) is 9.36 Å². The normalized spacial score (nSPS) is 17.3. The standard InChI is InChI=1S/C24H26BrN3OS/c1-24(2,3)17-10-8-16(9-11-17)22-26-27-23(30-21-7-5-4-6-20(21)29)28(22)19-14-12-18(25)13-15-19/h8-15,21H,4-7H2,1-3H3/t21-/m0/s1. The van der Waals surface area contributed by atoms with Gasteiger partial charge < -0.3 is 0 Å². The maximum Gasteiger partial charge on any atom is 0.196 e. The molecule has 1 saturated carbocycles. The SMILES string of the molecule is CC(C)(C)c1ccc(-c2nnc(S[C@H]3CCCCC3=O)n2-c2ccc(Br)cc2)cc1. The topological polar surface area (TPSA) is 47.8 Å². The number of carbonyl (C=O) groups is 1. The van der Waals surface area contributed by atoms with E-state index in [1.54, 1.807) is 11.8 Å². The van der Waals surface area contributed by atoms with Crippen molar-refractivity contribution in [2.24, 2.45) is 0 Å². The minimum Gasteiger partial charge on any atom is -0.298 e. The number of Topliss-reactive ketones (excluding diaryl/α,β-unsaturated/α-hetero) is 1. The van der Waals surface area contributed by atoms with Crippen molar-refractivity contribution in [3.8, 4) is 17.1 Å². The highest BCUT2D eigenvalue weighted by Gasteiger charge is 2.27. The lowest BCUT2D eigenvalue weighted by molar-refractivity contribution is -0.119. The van der Waals surface area contributed by atoms with Gasteiger partial charge in [0, 0.05) is 22.1 Å². The quantitative estimate of drug-likeness (QED) is 0.419. The number of aromatic nitrogens is 3. The zero-order valence-corrected chi connectivity index (χ0v) is 20.0. The highest BCUT2D eigenvalue weighted by atomic mass is 79.9. The average Bonchev–Trinajstić information content (AvgIpc) is 3.13. The molecule has 4 rings (SSSR count). The van der Waals surface area contributed by atoms with Crippen LogP contribution in [0, 0.1) is 0 Å². The zero-order chi connectivity index (χ0) is 21.3. The van der Waals surface area contributed by atoms with Crippen LogP contribution in [-0.2, 0) is 10.2 Å². The van der Waals surface area contributed by atoms with Gasteiger partial charge in [0.1, 0.15) is 5.78 Å². The molecule has 4 nitrogen and oxygen atoms in total. The minimum absolute atomic E-state index is 0.0340. The van der Waals surface area contributed by atoms with Crippen molar-refractivity contribution in [3.63, 3.8) is 0 Å². The lowest BCUT2D eigenvalue weighted by Crippen LogP contribution is -2.21. The van der Waals surface area contributed by atoms with Crippen LogP contribution in [-0.4, -0.2) is 25.8 Å². The summed E-state index contributed by atoms with van der Waals surface area (Å²) in [7, 11) is 0. The highest BCUT2D eigenvalue weighted by Crippen LogP contribution is 2.35. The molecule has 2 aromatic carbocycles. The summed E-state index contributed by atoms with van der Waals surface area (Å²) in [6.07, 6.45) is 3.68. The fourth-order valence-electron chi connectivity index (χ4n) is 3.68. The molecule has 3 aromatic rings. The summed E-state index contributed by atoms with van der Waals surface area (Å²) in [5, 5.41) is 9.78. The van der Waals surface area contributed by atoms with E-state index in [-0.39, 0.29) is 10.7 Å². The molecule has 0 spiro atoms. The molecule has 0 amide bonds. The molecule has 0 bridgehead atoms. The van der Waals surface area contributed by atoms with Gasteiger partial charge in [0.15, 0.2) is 11.0 Å². The Labute approximate surface area is 190 Å². The van der Waals surface area contributed by atoms with Gasteiger partial charge in [0.05, 0.1) is 5.25 Å². The Morgan fingerprint density at radius 2 is 1.70 bits per heavy atom. The Bertz CT molecular complexity index is 1040. The molecule has 1 heterocycles. The Morgan fingerprint density at radius 3 is 2.33 bits per heavy atom. The molecule has 1 fully saturated rings. The smallest absolute Gasteiger partial charge is 0.196 e. The zero-order valence-electron chi connectivity index (χ0n) is 17.6. The number of rotatable bonds is 4. The Morgan fingerprint density at radius 1 is 1.00 bits per heavy atom. The van der Waals surface area contributed by atoms with Crippen molar-refractivity contribution in [2.45, 2.75) is 62.3 Å². The predicted molar refractivity (Wildman–Crippen MR) is 126 cm³/mol. The largest absolute Gasteiger partial charge is 0.298 e. The lowest BCUT2D eigenvalue weighted by Gasteiger charge is -2.20. The van der Waals surface area contributed by atoms with Crippen LogP contribution in [0.1, 0.15) is 52.0 Å². The van der Waals surface area contributed by atoms with Crippen LogP contribution in [0.2, 0.25) is 0 Å². The van der Waals surface area contributed by atoms with Crippen LogP contribution in [0.4, 0.5) is 0 Å². The number of carbonyl (C=O) groups excluding carboxylic acids is 1. The molecule has 0 radical (unpaired) electrons. The van der Waals surface area contributed by atoms with Crippen molar-refractivity contribution in [3.05, 3.63) is 58.6 Å². The van der Waals surface area contributed by atoms with Crippen LogP contribution >= 0.6 is 27.7 Å². The number of hydrogen-bond acceptors (Lipinski definition) is 4. The van der Waals surface area contributed by atoms with Gasteiger partial charge >= 0.3 is 0 Å². The van der Waals surface area contributed by atoms with Crippen LogP contribution in [0.3, 0.4) is 0 Å². The molecular weight excluding hydrogens is 458 g/mol. The van der Waals surface area contributed by atoms with Gasteiger partial charge in [-0.25, -0.2) is 0 Å². The number of halogens is 1. The molecule has 0 unspecified atom stereocenters. The Balaban J connectivity index is 1.76. The van der Waals surface area contributed by atoms with E-state index in [0.717, 1.165) is 46.0 Å². The van der Waals surface area contributed by atoms with E-state index < -0.39 is 0 Å². The molecule has 1 aliphatic carbocycles. The third-order valence-corrected chi connectivity index (χ3v) is 7.26. The summed E-state index contributed by atoms with van der Waals surface area (Å²) in [4.78, 5) is 12.4. The third-order valence-electron chi connectivity index (χ3n) is 5.47. The minimum atomic E-state index is -0.0340. The van der Waals surface area contributed by atoms with Gasteiger partial charge in [-0.1, -0.05) is 79.1 Å². The number of benzene rings is 2. The van der Waals surface area contributed by atoms with Gasteiger partial charge in [0.25, 0.3) is 0 Å². The third kappa shape index (κ3) is 4.54. The van der Waals surface area contributed by atoms with Crippen LogP contribution in [0.15, 0.2) is 58.2 Å². The molecule has 6 heteroatoms. The lowest BCUT2D eigenvalue weighted by atomic mass is 9.87. The van der Waals surface area contributed by atoms with Crippen molar-refractivity contribution >= 4 is 33.5 Å². The monoisotopic (exact) mass is 483 g/mol. The maximum atomic E-state index is 12.4. The fourth-order valence-corrected chi connectivity index (χ4v) is 5.12. The van der Waals surface area contributed by atoms with Crippen molar-refractivity contribution in [2.75, 3.05) is 0 Å². The van der Waals surface area contributed by atoms with Crippen LogP contribution in [0.25, 0.3) is 17.1 Å². The second-order valence-corrected chi connectivity index (χ2v) is 10.8. The first kappa shape index (κ1) is 21.3. The molecular formula is C24H26BrN3OS. The summed E-state index contributed by atoms with van der Waals surface area (Å²) in [6.45, 7) is 6.63. The first-order valence-electron chi connectivity index (χ1n) is 10.3. The van der Waals surface area contributed by atoms with Gasteiger partial charge in [-0.05, 0) is 48.1 Å². The molecule has 156 valence electrons. The second-order valence-electron chi connectivity index (χ2n) is 8.76.